The Morgan fingerprint density at radius 2 is 2.18 bits per heavy atom. The predicted octanol–water partition coefficient (Wildman–Crippen LogP) is -1.57. The summed E-state index contributed by atoms with van der Waals surface area (Å²) in [5.41, 5.74) is 0. The SMILES string of the molecule is CCC[I-]C[C@H](F)[C@@H](C)NC. The Labute approximate surface area is 79.4 Å². The molecule has 3 heteroatoms. The Morgan fingerprint density at radius 1 is 1.55 bits per heavy atom. The standard InChI is InChI=1S/C8H18FIN/c1-4-5-10-6-8(9)7(2)11-3/h7-8,11H,4-6H2,1-3H3/q-1/t7-,8+/m1/s1. The third-order valence-corrected chi connectivity index (χ3v) is 4.88. The van der Waals surface area contributed by atoms with Crippen LogP contribution >= 0.6 is 0 Å². The minimum absolute atomic E-state index is 0.0338. The van der Waals surface area contributed by atoms with Gasteiger partial charge in [-0.05, 0) is 0 Å². The van der Waals surface area contributed by atoms with E-state index < -0.39 is 6.17 Å². The van der Waals surface area contributed by atoms with Gasteiger partial charge < -0.3 is 0 Å². The second-order valence-electron chi connectivity index (χ2n) is 2.63. The van der Waals surface area contributed by atoms with Crippen molar-refractivity contribution in [3.63, 3.8) is 0 Å². The summed E-state index contributed by atoms with van der Waals surface area (Å²) in [7, 11) is 1.81. The summed E-state index contributed by atoms with van der Waals surface area (Å²) in [5, 5.41) is 2.93. The summed E-state index contributed by atoms with van der Waals surface area (Å²) in [4.78, 5) is 0. The van der Waals surface area contributed by atoms with Crippen LogP contribution in [0.1, 0.15) is 20.3 Å². The van der Waals surface area contributed by atoms with Crippen molar-refractivity contribution in [2.75, 3.05) is 15.9 Å². The summed E-state index contributed by atoms with van der Waals surface area (Å²) in [6, 6.07) is 0.0338. The van der Waals surface area contributed by atoms with Gasteiger partial charge in [-0.3, -0.25) is 0 Å². The molecule has 2 atom stereocenters. The van der Waals surface area contributed by atoms with E-state index in [1.807, 2.05) is 14.0 Å². The molecule has 0 spiro atoms. The summed E-state index contributed by atoms with van der Waals surface area (Å²) < 4.78 is 15.2. The van der Waals surface area contributed by atoms with Gasteiger partial charge in [0.1, 0.15) is 0 Å². The molecule has 0 aliphatic carbocycles. The monoisotopic (exact) mass is 274 g/mol. The average molecular weight is 274 g/mol. The van der Waals surface area contributed by atoms with E-state index in [1.165, 1.54) is 10.8 Å². The van der Waals surface area contributed by atoms with Gasteiger partial charge >= 0.3 is 79.3 Å². The van der Waals surface area contributed by atoms with Crippen LogP contribution in [0.3, 0.4) is 0 Å². The second kappa shape index (κ2) is 7.28. The third-order valence-electron chi connectivity index (χ3n) is 1.58. The zero-order valence-corrected chi connectivity index (χ0v) is 9.69. The van der Waals surface area contributed by atoms with E-state index in [-0.39, 0.29) is 27.2 Å². The zero-order chi connectivity index (χ0) is 8.69. The van der Waals surface area contributed by atoms with Gasteiger partial charge in [0.15, 0.2) is 0 Å². The fourth-order valence-corrected chi connectivity index (χ4v) is 3.19. The maximum absolute atomic E-state index is 13.1. The average Bonchev–Trinajstić information content (AvgIpc) is 2.03. The molecule has 70 valence electrons. The topological polar surface area (TPSA) is 12.0 Å². The van der Waals surface area contributed by atoms with Crippen LogP contribution in [-0.4, -0.2) is 28.1 Å². The van der Waals surface area contributed by atoms with Gasteiger partial charge in [0.05, 0.1) is 0 Å². The Morgan fingerprint density at radius 3 is 2.64 bits per heavy atom. The number of rotatable bonds is 6. The molecular formula is C8H18FIN-. The molecule has 0 heterocycles. The molecule has 0 aliphatic heterocycles. The van der Waals surface area contributed by atoms with E-state index in [0.29, 0.717) is 0 Å². The van der Waals surface area contributed by atoms with Crippen LogP contribution < -0.4 is 26.5 Å². The Balaban J connectivity index is 3.28. The van der Waals surface area contributed by atoms with Crippen LogP contribution in [-0.2, 0) is 0 Å². The maximum atomic E-state index is 13.1. The molecule has 0 aromatic rings. The van der Waals surface area contributed by atoms with Crippen molar-refractivity contribution in [2.24, 2.45) is 0 Å². The van der Waals surface area contributed by atoms with Gasteiger partial charge in [0.2, 0.25) is 0 Å². The number of alkyl halides is 3. The Bertz CT molecular complexity index is 90.2. The molecular weight excluding hydrogens is 256 g/mol. The van der Waals surface area contributed by atoms with Crippen LogP contribution in [0, 0.1) is 0 Å². The normalized spacial score (nSPS) is 16.7. The molecule has 0 fully saturated rings. The third kappa shape index (κ3) is 5.84. The van der Waals surface area contributed by atoms with E-state index >= 15 is 0 Å². The first-order valence-electron chi connectivity index (χ1n) is 4.07. The Hall–Kier alpha value is 0.620. The molecule has 0 saturated heterocycles. The summed E-state index contributed by atoms with van der Waals surface area (Å²) in [6.45, 7) is 4.06. The van der Waals surface area contributed by atoms with Crippen LogP contribution in [0.15, 0.2) is 0 Å². The minimum atomic E-state index is -0.626. The fraction of sp³-hybridized carbons (Fsp3) is 1.00. The van der Waals surface area contributed by atoms with Crippen molar-refractivity contribution < 1.29 is 25.6 Å². The molecule has 0 radical (unpaired) electrons. The number of hydrogen-bond donors (Lipinski definition) is 1. The number of nitrogens with one attached hydrogen (secondary N) is 1. The predicted molar refractivity (Wildman–Crippen MR) is 43.4 cm³/mol. The van der Waals surface area contributed by atoms with E-state index in [1.54, 1.807) is 0 Å². The van der Waals surface area contributed by atoms with Crippen molar-refractivity contribution in [3.05, 3.63) is 0 Å². The molecule has 11 heavy (non-hydrogen) atoms. The van der Waals surface area contributed by atoms with E-state index in [2.05, 4.69) is 12.2 Å². The van der Waals surface area contributed by atoms with Gasteiger partial charge in [-0.25, -0.2) is 0 Å². The van der Waals surface area contributed by atoms with E-state index in [4.69, 9.17) is 0 Å². The summed E-state index contributed by atoms with van der Waals surface area (Å²) in [5.74, 6) is 0. The molecule has 0 bridgehead atoms. The first kappa shape index (κ1) is 11.6. The van der Waals surface area contributed by atoms with E-state index in [9.17, 15) is 4.39 Å². The number of halogens is 2. The molecule has 0 aromatic heterocycles. The van der Waals surface area contributed by atoms with Crippen molar-refractivity contribution in [3.8, 4) is 0 Å². The first-order chi connectivity index (χ1) is 5.22. The van der Waals surface area contributed by atoms with Crippen LogP contribution in [0.25, 0.3) is 0 Å². The summed E-state index contributed by atoms with van der Waals surface area (Å²) in [6.07, 6.45) is 0.591. The van der Waals surface area contributed by atoms with Crippen LogP contribution in [0.2, 0.25) is 0 Å². The number of hydrogen-bond acceptors (Lipinski definition) is 1. The quantitative estimate of drug-likeness (QED) is 0.351. The van der Waals surface area contributed by atoms with Gasteiger partial charge in [0.25, 0.3) is 0 Å². The van der Waals surface area contributed by atoms with Crippen LogP contribution in [0.5, 0.6) is 0 Å². The van der Waals surface area contributed by atoms with Gasteiger partial charge in [-0.1, -0.05) is 0 Å². The van der Waals surface area contributed by atoms with Crippen molar-refractivity contribution in [1.82, 2.24) is 5.32 Å². The van der Waals surface area contributed by atoms with Crippen molar-refractivity contribution >= 4 is 0 Å². The van der Waals surface area contributed by atoms with Gasteiger partial charge in [-0.15, -0.1) is 0 Å². The Kier molecular flexibility index (Phi) is 7.69. The molecule has 0 rings (SSSR count). The molecule has 1 N–H and O–H groups in total. The molecule has 1 nitrogen and oxygen atoms in total. The fourth-order valence-electron chi connectivity index (χ4n) is 0.629. The van der Waals surface area contributed by atoms with Crippen molar-refractivity contribution in [1.29, 1.82) is 0 Å². The van der Waals surface area contributed by atoms with Gasteiger partial charge in [0, 0.05) is 0 Å². The molecule has 0 aliphatic rings. The van der Waals surface area contributed by atoms with Gasteiger partial charge in [-0.2, -0.15) is 0 Å². The molecule has 0 aromatic carbocycles. The molecule has 0 unspecified atom stereocenters. The first-order valence-corrected chi connectivity index (χ1v) is 7.12. The zero-order valence-electron chi connectivity index (χ0n) is 7.53. The van der Waals surface area contributed by atoms with Crippen LogP contribution in [0.4, 0.5) is 4.39 Å². The van der Waals surface area contributed by atoms with Crippen molar-refractivity contribution in [2.45, 2.75) is 32.5 Å². The molecule has 0 amide bonds. The second-order valence-corrected chi connectivity index (χ2v) is 5.66. The van der Waals surface area contributed by atoms with E-state index in [0.717, 1.165) is 4.43 Å². The summed E-state index contributed by atoms with van der Waals surface area (Å²) >= 11 is 0.130. The molecule has 0 saturated carbocycles.